The van der Waals surface area contributed by atoms with E-state index in [0.717, 1.165) is 42.4 Å². The molecule has 1 aromatic heterocycles. The van der Waals surface area contributed by atoms with Crippen LogP contribution < -0.4 is 10.1 Å². The van der Waals surface area contributed by atoms with Gasteiger partial charge in [0.15, 0.2) is 0 Å². The summed E-state index contributed by atoms with van der Waals surface area (Å²) in [5, 5.41) is 3.37. The summed E-state index contributed by atoms with van der Waals surface area (Å²) in [6.45, 7) is 3.09. The molecule has 2 rings (SSSR count). The Morgan fingerprint density at radius 2 is 2.19 bits per heavy atom. The fourth-order valence-electron chi connectivity index (χ4n) is 1.95. The third-order valence-corrected chi connectivity index (χ3v) is 3.40. The number of ether oxygens (including phenoxy) is 1. The minimum Gasteiger partial charge on any atom is -0.478 e. The molecule has 1 saturated heterocycles. The van der Waals surface area contributed by atoms with Gasteiger partial charge in [0.2, 0.25) is 5.88 Å². The van der Waals surface area contributed by atoms with Gasteiger partial charge in [-0.2, -0.15) is 0 Å². The lowest BCUT2D eigenvalue weighted by Crippen LogP contribution is -2.28. The number of piperidine rings is 1. The average Bonchev–Trinajstić information content (AvgIpc) is 2.33. The number of halogens is 1. The molecule has 1 aliphatic heterocycles. The van der Waals surface area contributed by atoms with Crippen molar-refractivity contribution in [3.63, 3.8) is 0 Å². The van der Waals surface area contributed by atoms with Gasteiger partial charge in [0.05, 0.1) is 6.61 Å². The molecule has 1 fully saturated rings. The van der Waals surface area contributed by atoms with Gasteiger partial charge in [-0.1, -0.05) is 0 Å². The third-order valence-electron chi connectivity index (χ3n) is 2.94. The Morgan fingerprint density at radius 3 is 2.88 bits per heavy atom. The van der Waals surface area contributed by atoms with Gasteiger partial charge in [0, 0.05) is 16.7 Å². The molecule has 0 unspecified atom stereocenters. The fraction of sp³-hybridized carbons (Fsp3) is 0.583. The molecule has 16 heavy (non-hydrogen) atoms. The van der Waals surface area contributed by atoms with Crippen molar-refractivity contribution >= 4 is 15.9 Å². The number of hydrogen-bond acceptors (Lipinski definition) is 3. The summed E-state index contributed by atoms with van der Waals surface area (Å²) >= 11 is 3.35. The maximum atomic E-state index is 5.61. The molecule has 3 nitrogen and oxygen atoms in total. The van der Waals surface area contributed by atoms with Crippen LogP contribution in [0.25, 0.3) is 0 Å². The Morgan fingerprint density at radius 1 is 1.38 bits per heavy atom. The van der Waals surface area contributed by atoms with Gasteiger partial charge < -0.3 is 10.1 Å². The minimum atomic E-state index is 0.720. The Bertz CT molecular complexity index is 309. The van der Waals surface area contributed by atoms with E-state index < -0.39 is 0 Å². The van der Waals surface area contributed by atoms with E-state index in [0.29, 0.717) is 0 Å². The van der Waals surface area contributed by atoms with Gasteiger partial charge in [-0.3, -0.25) is 0 Å². The summed E-state index contributed by atoms with van der Waals surface area (Å²) in [6, 6.07) is 3.85. The zero-order valence-corrected chi connectivity index (χ0v) is 10.9. The van der Waals surface area contributed by atoms with Gasteiger partial charge in [0.1, 0.15) is 0 Å². The van der Waals surface area contributed by atoms with Crippen molar-refractivity contribution in [1.29, 1.82) is 0 Å². The topological polar surface area (TPSA) is 34.1 Å². The molecule has 0 aliphatic carbocycles. The molecular formula is C12H17BrN2O. The summed E-state index contributed by atoms with van der Waals surface area (Å²) in [4.78, 5) is 4.18. The normalized spacial score (nSPS) is 17.3. The third kappa shape index (κ3) is 3.76. The van der Waals surface area contributed by atoms with E-state index in [1.165, 1.54) is 12.8 Å². The van der Waals surface area contributed by atoms with Crippen LogP contribution >= 0.6 is 15.9 Å². The van der Waals surface area contributed by atoms with Crippen LogP contribution in [-0.4, -0.2) is 24.7 Å². The maximum absolute atomic E-state index is 5.61. The molecule has 1 N–H and O–H groups in total. The summed E-state index contributed by atoms with van der Waals surface area (Å²) in [5.74, 6) is 1.54. The number of aromatic nitrogens is 1. The highest BCUT2D eigenvalue weighted by molar-refractivity contribution is 9.10. The zero-order chi connectivity index (χ0) is 11.2. The standard InChI is InChI=1S/C12H17BrN2O/c13-11-1-2-12(15-9-11)16-8-5-10-3-6-14-7-4-10/h1-2,9-10,14H,3-8H2. The van der Waals surface area contributed by atoms with Crippen LogP contribution in [0.4, 0.5) is 0 Å². The Labute approximate surface area is 105 Å². The van der Waals surface area contributed by atoms with Gasteiger partial charge >= 0.3 is 0 Å². The van der Waals surface area contributed by atoms with Crippen LogP contribution in [0.5, 0.6) is 5.88 Å². The van der Waals surface area contributed by atoms with Crippen molar-refractivity contribution in [2.45, 2.75) is 19.3 Å². The number of nitrogens with one attached hydrogen (secondary N) is 1. The molecule has 0 amide bonds. The second kappa shape index (κ2) is 6.21. The molecule has 88 valence electrons. The van der Waals surface area contributed by atoms with Crippen molar-refractivity contribution in [2.24, 2.45) is 5.92 Å². The van der Waals surface area contributed by atoms with E-state index in [1.807, 2.05) is 12.1 Å². The van der Waals surface area contributed by atoms with Crippen molar-refractivity contribution in [2.75, 3.05) is 19.7 Å². The van der Waals surface area contributed by atoms with E-state index in [9.17, 15) is 0 Å². The van der Waals surface area contributed by atoms with Crippen LogP contribution in [-0.2, 0) is 0 Å². The summed E-state index contributed by atoms with van der Waals surface area (Å²) in [5.41, 5.74) is 0. The van der Waals surface area contributed by atoms with Crippen molar-refractivity contribution in [1.82, 2.24) is 10.3 Å². The van der Waals surface area contributed by atoms with E-state index in [1.54, 1.807) is 6.20 Å². The van der Waals surface area contributed by atoms with E-state index >= 15 is 0 Å². The lowest BCUT2D eigenvalue weighted by Gasteiger charge is -2.22. The predicted octanol–water partition coefficient (Wildman–Crippen LogP) is 2.61. The molecule has 0 bridgehead atoms. The first-order valence-electron chi connectivity index (χ1n) is 5.79. The molecule has 4 heteroatoms. The van der Waals surface area contributed by atoms with Crippen LogP contribution in [0.3, 0.4) is 0 Å². The molecule has 0 atom stereocenters. The van der Waals surface area contributed by atoms with Gasteiger partial charge in [-0.05, 0) is 60.3 Å². The quantitative estimate of drug-likeness (QED) is 0.923. The highest BCUT2D eigenvalue weighted by Crippen LogP contribution is 2.17. The van der Waals surface area contributed by atoms with Crippen LogP contribution in [0.15, 0.2) is 22.8 Å². The lowest BCUT2D eigenvalue weighted by molar-refractivity contribution is 0.245. The second-order valence-electron chi connectivity index (χ2n) is 4.15. The number of nitrogens with zero attached hydrogens (tertiary/aromatic N) is 1. The second-order valence-corrected chi connectivity index (χ2v) is 5.06. The highest BCUT2D eigenvalue weighted by atomic mass is 79.9. The SMILES string of the molecule is Brc1ccc(OCCC2CCNCC2)nc1. The Balaban J connectivity index is 1.69. The van der Waals surface area contributed by atoms with E-state index in [-0.39, 0.29) is 0 Å². The summed E-state index contributed by atoms with van der Waals surface area (Å²) < 4.78 is 6.60. The zero-order valence-electron chi connectivity index (χ0n) is 9.29. The fourth-order valence-corrected chi connectivity index (χ4v) is 2.18. The molecule has 0 saturated carbocycles. The Hall–Kier alpha value is -0.610. The van der Waals surface area contributed by atoms with Crippen LogP contribution in [0.2, 0.25) is 0 Å². The molecule has 1 aromatic rings. The van der Waals surface area contributed by atoms with Crippen molar-refractivity contribution in [3.05, 3.63) is 22.8 Å². The first-order chi connectivity index (χ1) is 7.84. The predicted molar refractivity (Wildman–Crippen MR) is 67.6 cm³/mol. The molecular weight excluding hydrogens is 268 g/mol. The molecule has 0 radical (unpaired) electrons. The smallest absolute Gasteiger partial charge is 0.213 e. The molecule has 2 heterocycles. The maximum Gasteiger partial charge on any atom is 0.213 e. The first-order valence-corrected chi connectivity index (χ1v) is 6.59. The van der Waals surface area contributed by atoms with Crippen molar-refractivity contribution in [3.8, 4) is 5.88 Å². The van der Waals surface area contributed by atoms with Crippen molar-refractivity contribution < 1.29 is 4.74 Å². The monoisotopic (exact) mass is 284 g/mol. The summed E-state index contributed by atoms with van der Waals surface area (Å²) in [7, 11) is 0. The van der Waals surface area contributed by atoms with E-state index in [2.05, 4.69) is 26.2 Å². The lowest BCUT2D eigenvalue weighted by atomic mass is 9.95. The largest absolute Gasteiger partial charge is 0.478 e. The first kappa shape index (κ1) is 11.9. The average molecular weight is 285 g/mol. The van der Waals surface area contributed by atoms with Crippen LogP contribution in [0.1, 0.15) is 19.3 Å². The van der Waals surface area contributed by atoms with E-state index in [4.69, 9.17) is 4.74 Å². The van der Waals surface area contributed by atoms with Gasteiger partial charge in [-0.25, -0.2) is 4.98 Å². The number of rotatable bonds is 4. The molecule has 0 aromatic carbocycles. The van der Waals surface area contributed by atoms with Crippen LogP contribution in [0, 0.1) is 5.92 Å². The molecule has 1 aliphatic rings. The summed E-state index contributed by atoms with van der Waals surface area (Å²) in [6.07, 6.45) is 5.45. The minimum absolute atomic E-state index is 0.720. The number of pyridine rings is 1. The van der Waals surface area contributed by atoms with Gasteiger partial charge in [0.25, 0.3) is 0 Å². The molecule has 0 spiro atoms. The Kier molecular flexibility index (Phi) is 4.60. The highest BCUT2D eigenvalue weighted by Gasteiger charge is 2.12. The number of hydrogen-bond donors (Lipinski definition) is 1. The van der Waals surface area contributed by atoms with Gasteiger partial charge in [-0.15, -0.1) is 0 Å².